The Labute approximate surface area is 169 Å². The quantitative estimate of drug-likeness (QED) is 0.642. The number of amides is 1. The molecule has 1 aromatic heterocycles. The summed E-state index contributed by atoms with van der Waals surface area (Å²) in [6.07, 6.45) is 2.94. The molecular formula is C20H23FN2O3S2. The molecule has 1 aliphatic heterocycles. The van der Waals surface area contributed by atoms with Crippen LogP contribution in [0.5, 0.6) is 0 Å². The van der Waals surface area contributed by atoms with Gasteiger partial charge in [-0.1, -0.05) is 12.1 Å². The number of carbonyl (C=O) groups is 1. The van der Waals surface area contributed by atoms with Crippen LogP contribution in [-0.2, 0) is 21.4 Å². The fraction of sp³-hybridized carbons (Fsp3) is 0.350. The van der Waals surface area contributed by atoms with Crippen molar-refractivity contribution in [3.63, 3.8) is 0 Å². The molecule has 0 bridgehead atoms. The minimum Gasteiger partial charge on any atom is -0.334 e. The van der Waals surface area contributed by atoms with Crippen molar-refractivity contribution in [2.75, 3.05) is 19.6 Å². The second-order valence-corrected chi connectivity index (χ2v) is 9.71. The number of piperidine rings is 1. The topological polar surface area (TPSA) is 57.7 Å². The van der Waals surface area contributed by atoms with Gasteiger partial charge in [0.15, 0.2) is 0 Å². The molecule has 150 valence electrons. The van der Waals surface area contributed by atoms with Crippen LogP contribution in [0.4, 0.5) is 4.39 Å². The van der Waals surface area contributed by atoms with Gasteiger partial charge in [-0.3, -0.25) is 4.79 Å². The maximum atomic E-state index is 13.1. The van der Waals surface area contributed by atoms with E-state index in [-0.39, 0.29) is 17.3 Å². The van der Waals surface area contributed by atoms with E-state index in [9.17, 15) is 17.6 Å². The molecule has 3 rings (SSSR count). The minimum absolute atomic E-state index is 0.0449. The van der Waals surface area contributed by atoms with Crippen molar-refractivity contribution in [1.82, 2.24) is 9.21 Å². The van der Waals surface area contributed by atoms with E-state index >= 15 is 0 Å². The zero-order chi connectivity index (χ0) is 20.1. The predicted octanol–water partition coefficient (Wildman–Crippen LogP) is 3.50. The molecule has 8 heteroatoms. The van der Waals surface area contributed by atoms with Crippen LogP contribution in [0.25, 0.3) is 0 Å². The van der Waals surface area contributed by atoms with Crippen molar-refractivity contribution in [1.29, 1.82) is 0 Å². The summed E-state index contributed by atoms with van der Waals surface area (Å²) in [7, 11) is -3.76. The zero-order valence-corrected chi connectivity index (χ0v) is 17.1. The van der Waals surface area contributed by atoms with Crippen molar-refractivity contribution in [2.45, 2.75) is 24.3 Å². The number of rotatable bonds is 7. The molecule has 28 heavy (non-hydrogen) atoms. The molecule has 0 unspecified atom stereocenters. The van der Waals surface area contributed by atoms with E-state index in [4.69, 9.17) is 0 Å². The molecule has 1 aromatic carbocycles. The lowest BCUT2D eigenvalue weighted by molar-refractivity contribution is -0.136. The Kier molecular flexibility index (Phi) is 6.64. The summed E-state index contributed by atoms with van der Waals surface area (Å²) in [5.41, 5.74) is 0. The second-order valence-electron chi connectivity index (χ2n) is 6.74. The van der Waals surface area contributed by atoms with Gasteiger partial charge in [0.2, 0.25) is 15.9 Å². The summed E-state index contributed by atoms with van der Waals surface area (Å²) in [6, 6.07) is 8.70. The van der Waals surface area contributed by atoms with Crippen molar-refractivity contribution in [3.8, 4) is 0 Å². The Bertz CT molecular complexity index is 911. The summed E-state index contributed by atoms with van der Waals surface area (Å²) in [6.45, 7) is 5.13. The highest BCUT2D eigenvalue weighted by atomic mass is 32.2. The molecule has 5 nitrogen and oxygen atoms in total. The third kappa shape index (κ3) is 4.68. The molecule has 0 spiro atoms. The van der Waals surface area contributed by atoms with Gasteiger partial charge >= 0.3 is 0 Å². The largest absolute Gasteiger partial charge is 0.334 e. The van der Waals surface area contributed by atoms with Gasteiger partial charge in [-0.05, 0) is 48.6 Å². The Morgan fingerprint density at radius 2 is 2.07 bits per heavy atom. The van der Waals surface area contributed by atoms with Gasteiger partial charge in [-0.15, -0.1) is 17.9 Å². The van der Waals surface area contributed by atoms with Gasteiger partial charge in [0, 0.05) is 24.5 Å². The number of carbonyl (C=O) groups excluding carboxylic acids is 1. The molecular weight excluding hydrogens is 399 g/mol. The third-order valence-electron chi connectivity index (χ3n) is 4.77. The maximum Gasteiger partial charge on any atom is 0.243 e. The molecule has 2 heterocycles. The fourth-order valence-electron chi connectivity index (χ4n) is 3.36. The Hall–Kier alpha value is -2.03. The molecule has 1 amide bonds. The summed E-state index contributed by atoms with van der Waals surface area (Å²) in [5.74, 6) is -0.949. The average molecular weight is 423 g/mol. The molecule has 2 aromatic rings. The van der Waals surface area contributed by atoms with E-state index in [0.717, 1.165) is 17.0 Å². The molecule has 1 fully saturated rings. The van der Waals surface area contributed by atoms with Gasteiger partial charge in [0.25, 0.3) is 0 Å². The zero-order valence-electron chi connectivity index (χ0n) is 15.5. The first-order chi connectivity index (χ1) is 13.4. The van der Waals surface area contributed by atoms with Crippen molar-refractivity contribution >= 4 is 27.3 Å². The van der Waals surface area contributed by atoms with Crippen LogP contribution in [-0.4, -0.2) is 43.2 Å². The predicted molar refractivity (Wildman–Crippen MR) is 108 cm³/mol. The summed E-state index contributed by atoms with van der Waals surface area (Å²) >= 11 is 1.58. The lowest BCUT2D eigenvalue weighted by atomic mass is 9.98. The highest BCUT2D eigenvalue weighted by Crippen LogP contribution is 2.26. The molecule has 0 N–H and O–H groups in total. The van der Waals surface area contributed by atoms with E-state index < -0.39 is 21.8 Å². The summed E-state index contributed by atoms with van der Waals surface area (Å²) in [4.78, 5) is 15.9. The second kappa shape index (κ2) is 8.98. The van der Waals surface area contributed by atoms with Gasteiger partial charge in [-0.25, -0.2) is 12.8 Å². The van der Waals surface area contributed by atoms with E-state index in [0.29, 0.717) is 32.5 Å². The smallest absolute Gasteiger partial charge is 0.243 e. The van der Waals surface area contributed by atoms with Crippen LogP contribution in [0.3, 0.4) is 0 Å². The molecule has 1 saturated heterocycles. The summed E-state index contributed by atoms with van der Waals surface area (Å²) in [5, 5.41) is 1.96. The maximum absolute atomic E-state index is 13.1. The van der Waals surface area contributed by atoms with E-state index in [1.807, 2.05) is 17.5 Å². The molecule has 0 radical (unpaired) electrons. The Morgan fingerprint density at radius 3 is 2.71 bits per heavy atom. The number of hydrogen-bond donors (Lipinski definition) is 0. The van der Waals surface area contributed by atoms with Crippen molar-refractivity contribution < 1.29 is 17.6 Å². The fourth-order valence-corrected chi connectivity index (χ4v) is 5.60. The van der Waals surface area contributed by atoms with Gasteiger partial charge in [-0.2, -0.15) is 4.31 Å². The lowest BCUT2D eigenvalue weighted by Gasteiger charge is -2.34. The van der Waals surface area contributed by atoms with Gasteiger partial charge in [0.05, 0.1) is 17.4 Å². The van der Waals surface area contributed by atoms with Crippen LogP contribution in [0.1, 0.15) is 17.7 Å². The highest BCUT2D eigenvalue weighted by molar-refractivity contribution is 7.89. The molecule has 0 aliphatic carbocycles. The number of benzene rings is 1. The highest BCUT2D eigenvalue weighted by Gasteiger charge is 2.35. The summed E-state index contributed by atoms with van der Waals surface area (Å²) < 4.78 is 40.2. The first-order valence-electron chi connectivity index (χ1n) is 9.09. The molecule has 1 atom stereocenters. The number of sulfonamides is 1. The SMILES string of the molecule is C=CCN(Cc1cccs1)C(=O)[C@H]1CCCN(S(=O)(=O)c2ccc(F)cc2)C1. The number of halogens is 1. The normalized spacial score (nSPS) is 18.0. The first kappa shape index (κ1) is 20.7. The van der Waals surface area contributed by atoms with Crippen LogP contribution >= 0.6 is 11.3 Å². The van der Waals surface area contributed by atoms with Crippen LogP contribution in [0, 0.1) is 11.7 Å². The number of nitrogens with zero attached hydrogens (tertiary/aromatic N) is 2. The first-order valence-corrected chi connectivity index (χ1v) is 11.4. The Morgan fingerprint density at radius 1 is 1.32 bits per heavy atom. The lowest BCUT2D eigenvalue weighted by Crippen LogP contribution is -2.46. The monoisotopic (exact) mass is 422 g/mol. The molecule has 0 saturated carbocycles. The van der Waals surface area contributed by atoms with E-state index in [1.54, 1.807) is 22.3 Å². The number of hydrogen-bond acceptors (Lipinski definition) is 4. The third-order valence-corrected chi connectivity index (χ3v) is 7.51. The van der Waals surface area contributed by atoms with Gasteiger partial charge in [0.1, 0.15) is 5.82 Å². The van der Waals surface area contributed by atoms with Crippen LogP contribution in [0.2, 0.25) is 0 Å². The van der Waals surface area contributed by atoms with Crippen LogP contribution in [0.15, 0.2) is 59.3 Å². The number of thiophene rings is 1. The standard InChI is InChI=1S/C20H23FN2O3S2/c1-2-11-22(15-18-6-4-13-27-18)20(24)16-5-3-12-23(14-16)28(25,26)19-9-7-17(21)8-10-19/h2,4,6-10,13,16H,1,3,5,11-12,14-15H2/t16-/m0/s1. The van der Waals surface area contributed by atoms with E-state index in [2.05, 4.69) is 6.58 Å². The molecule has 1 aliphatic rings. The van der Waals surface area contributed by atoms with Crippen molar-refractivity contribution in [3.05, 3.63) is 65.1 Å². The average Bonchev–Trinajstić information content (AvgIpc) is 3.21. The van der Waals surface area contributed by atoms with Crippen LogP contribution < -0.4 is 0 Å². The minimum atomic E-state index is -3.76. The van der Waals surface area contributed by atoms with Gasteiger partial charge < -0.3 is 4.90 Å². The van der Waals surface area contributed by atoms with E-state index in [1.165, 1.54) is 16.4 Å². The van der Waals surface area contributed by atoms with Crippen molar-refractivity contribution in [2.24, 2.45) is 5.92 Å². The Balaban J connectivity index is 1.74.